The number of nitrogens with zero attached hydrogens (tertiary/aromatic N) is 2. The predicted octanol–water partition coefficient (Wildman–Crippen LogP) is 3.55. The molecule has 0 saturated carbocycles. The van der Waals surface area contributed by atoms with Gasteiger partial charge in [-0.2, -0.15) is 0 Å². The molecule has 30 heavy (non-hydrogen) atoms. The quantitative estimate of drug-likeness (QED) is 0.558. The second kappa shape index (κ2) is 9.78. The smallest absolute Gasteiger partial charge is 0.127 e. The molecule has 0 aliphatic carbocycles. The number of nitrogens with two attached hydrogens (primary N) is 1. The summed E-state index contributed by atoms with van der Waals surface area (Å²) >= 11 is 0. The molecular weight excluding hydrogens is 376 g/mol. The fourth-order valence-corrected chi connectivity index (χ4v) is 3.90. The van der Waals surface area contributed by atoms with Crippen molar-refractivity contribution in [1.82, 2.24) is 9.88 Å². The van der Waals surface area contributed by atoms with Crippen molar-refractivity contribution < 1.29 is 9.47 Å². The Morgan fingerprint density at radius 1 is 1.10 bits per heavy atom. The first-order chi connectivity index (χ1) is 14.7. The second-order valence-corrected chi connectivity index (χ2v) is 7.66. The molecule has 1 saturated heterocycles. The van der Waals surface area contributed by atoms with Gasteiger partial charge in [-0.15, -0.1) is 0 Å². The highest BCUT2D eigenvalue weighted by Crippen LogP contribution is 2.27. The van der Waals surface area contributed by atoms with Gasteiger partial charge >= 0.3 is 0 Å². The van der Waals surface area contributed by atoms with Crippen LogP contribution < -0.4 is 15.8 Å². The first-order valence-electron chi connectivity index (χ1n) is 10.6. The van der Waals surface area contributed by atoms with Crippen LogP contribution in [0, 0.1) is 0 Å². The van der Waals surface area contributed by atoms with Crippen LogP contribution >= 0.6 is 0 Å². The van der Waals surface area contributed by atoms with Gasteiger partial charge in [-0.05, 0) is 54.4 Å². The number of pyridine rings is 1. The third-order valence-electron chi connectivity index (χ3n) is 5.58. The number of hydrogen-bond donors (Lipinski definition) is 2. The van der Waals surface area contributed by atoms with Gasteiger partial charge in [0.15, 0.2) is 0 Å². The lowest BCUT2D eigenvalue weighted by Gasteiger charge is -2.26. The molecule has 2 heterocycles. The fraction of sp³-hybridized carbons (Fsp3) is 0.375. The van der Waals surface area contributed by atoms with Crippen LogP contribution in [0.5, 0.6) is 5.75 Å². The van der Waals surface area contributed by atoms with Gasteiger partial charge in [0.25, 0.3) is 0 Å². The van der Waals surface area contributed by atoms with Gasteiger partial charge in [0.2, 0.25) is 0 Å². The summed E-state index contributed by atoms with van der Waals surface area (Å²) in [7, 11) is 1.69. The summed E-state index contributed by atoms with van der Waals surface area (Å²) in [5.74, 6) is 1.44. The Balaban J connectivity index is 1.43. The number of morpholine rings is 1. The summed E-state index contributed by atoms with van der Waals surface area (Å²) in [5.41, 5.74) is 10.4. The topological polar surface area (TPSA) is 72.6 Å². The average molecular weight is 407 g/mol. The molecule has 1 aliphatic rings. The molecule has 0 spiro atoms. The lowest BCUT2D eigenvalue weighted by atomic mass is 10.0. The van der Waals surface area contributed by atoms with Crippen molar-refractivity contribution in [1.29, 1.82) is 0 Å². The van der Waals surface area contributed by atoms with Gasteiger partial charge in [-0.3, -0.25) is 4.90 Å². The molecule has 0 radical (unpaired) electrons. The van der Waals surface area contributed by atoms with Crippen molar-refractivity contribution >= 4 is 22.4 Å². The lowest BCUT2D eigenvalue weighted by Crippen LogP contribution is -2.37. The van der Waals surface area contributed by atoms with Crippen molar-refractivity contribution in [2.24, 2.45) is 0 Å². The molecule has 3 aromatic rings. The Bertz CT molecular complexity index is 986. The van der Waals surface area contributed by atoms with Crippen LogP contribution in [0.1, 0.15) is 17.5 Å². The Morgan fingerprint density at radius 2 is 1.93 bits per heavy atom. The van der Waals surface area contributed by atoms with Crippen LogP contribution in [0.3, 0.4) is 0 Å². The third-order valence-corrected chi connectivity index (χ3v) is 5.58. The maximum atomic E-state index is 6.25. The Hall–Kier alpha value is -2.83. The molecule has 0 atom stereocenters. The molecule has 2 aromatic carbocycles. The van der Waals surface area contributed by atoms with Gasteiger partial charge in [0.05, 0.1) is 25.8 Å². The third kappa shape index (κ3) is 5.01. The summed E-state index contributed by atoms with van der Waals surface area (Å²) in [4.78, 5) is 7.08. The summed E-state index contributed by atoms with van der Waals surface area (Å²) in [6.45, 7) is 5.83. The number of para-hydroxylation sites is 1. The number of hydrogen-bond acceptors (Lipinski definition) is 6. The summed E-state index contributed by atoms with van der Waals surface area (Å²) in [6, 6.07) is 16.4. The van der Waals surface area contributed by atoms with Gasteiger partial charge in [0.1, 0.15) is 11.6 Å². The molecule has 6 nitrogen and oxygen atoms in total. The fourth-order valence-electron chi connectivity index (χ4n) is 3.90. The minimum Gasteiger partial charge on any atom is -0.496 e. The lowest BCUT2D eigenvalue weighted by molar-refractivity contribution is 0.0378. The van der Waals surface area contributed by atoms with Crippen LogP contribution in [0.15, 0.2) is 48.5 Å². The molecule has 1 aliphatic heterocycles. The van der Waals surface area contributed by atoms with Gasteiger partial charge in [-0.1, -0.05) is 18.2 Å². The number of nitrogen functional groups attached to an aromatic ring is 1. The Kier molecular flexibility index (Phi) is 6.67. The number of rotatable bonds is 8. The van der Waals surface area contributed by atoms with Crippen LogP contribution in [0.25, 0.3) is 10.9 Å². The standard InChI is InChI=1S/C24H30N4O2/c1-29-23-6-3-2-5-18(23)15-20-16-19-17-21(7-8-22(19)27-24(20)25)26-9-4-10-28-11-13-30-14-12-28/h2-3,5-8,16-17,26H,4,9-15H2,1H3,(H2,25,27). The number of ether oxygens (including phenoxy) is 2. The number of anilines is 2. The van der Waals surface area contributed by atoms with Crippen molar-refractivity contribution in [2.75, 3.05) is 57.6 Å². The molecular formula is C24H30N4O2. The van der Waals surface area contributed by atoms with E-state index in [2.05, 4.69) is 39.5 Å². The van der Waals surface area contributed by atoms with Crippen LogP contribution in [0.4, 0.5) is 11.5 Å². The highest BCUT2D eigenvalue weighted by atomic mass is 16.5. The monoisotopic (exact) mass is 406 g/mol. The average Bonchev–Trinajstić information content (AvgIpc) is 2.78. The molecule has 158 valence electrons. The SMILES string of the molecule is COc1ccccc1Cc1cc2cc(NCCCN3CCOCC3)ccc2nc1N. The van der Waals surface area contributed by atoms with Crippen molar-refractivity contribution in [3.05, 3.63) is 59.7 Å². The highest BCUT2D eigenvalue weighted by molar-refractivity contribution is 5.85. The first-order valence-corrected chi connectivity index (χ1v) is 10.6. The van der Waals surface area contributed by atoms with Crippen molar-refractivity contribution in [3.63, 3.8) is 0 Å². The number of benzene rings is 2. The zero-order valence-corrected chi connectivity index (χ0v) is 17.6. The zero-order chi connectivity index (χ0) is 20.8. The van der Waals surface area contributed by atoms with E-state index >= 15 is 0 Å². The largest absolute Gasteiger partial charge is 0.496 e. The summed E-state index contributed by atoms with van der Waals surface area (Å²) in [5, 5.41) is 4.63. The zero-order valence-electron chi connectivity index (χ0n) is 17.6. The minimum atomic E-state index is 0.569. The van der Waals surface area contributed by atoms with Crippen molar-refractivity contribution in [3.8, 4) is 5.75 Å². The summed E-state index contributed by atoms with van der Waals surface area (Å²) in [6.07, 6.45) is 1.80. The van der Waals surface area contributed by atoms with Crippen LogP contribution in [-0.2, 0) is 11.2 Å². The van der Waals surface area contributed by atoms with E-state index < -0.39 is 0 Å². The minimum absolute atomic E-state index is 0.569. The van der Waals surface area contributed by atoms with E-state index in [1.807, 2.05) is 24.3 Å². The first kappa shape index (κ1) is 20.4. The predicted molar refractivity (Wildman–Crippen MR) is 122 cm³/mol. The Morgan fingerprint density at radius 3 is 2.77 bits per heavy atom. The highest BCUT2D eigenvalue weighted by Gasteiger charge is 2.10. The molecule has 0 bridgehead atoms. The van der Waals surface area contributed by atoms with Crippen LogP contribution in [0.2, 0.25) is 0 Å². The molecule has 0 amide bonds. The van der Waals surface area contributed by atoms with Gasteiger partial charge in [-0.25, -0.2) is 4.98 Å². The van der Waals surface area contributed by atoms with E-state index in [9.17, 15) is 0 Å². The molecule has 6 heteroatoms. The Labute approximate surface area is 178 Å². The van der Waals surface area contributed by atoms with E-state index in [-0.39, 0.29) is 0 Å². The molecule has 1 fully saturated rings. The summed E-state index contributed by atoms with van der Waals surface area (Å²) < 4.78 is 10.9. The molecule has 3 N–H and O–H groups in total. The second-order valence-electron chi connectivity index (χ2n) is 7.66. The maximum absolute atomic E-state index is 6.25. The van der Waals surface area contributed by atoms with Gasteiger partial charge in [0, 0.05) is 37.1 Å². The number of methoxy groups -OCH3 is 1. The van der Waals surface area contributed by atoms with E-state index in [1.54, 1.807) is 7.11 Å². The van der Waals surface area contributed by atoms with Crippen molar-refractivity contribution in [2.45, 2.75) is 12.8 Å². The molecule has 4 rings (SSSR count). The van der Waals surface area contributed by atoms with Crippen LogP contribution in [-0.4, -0.2) is 56.4 Å². The van der Waals surface area contributed by atoms with E-state index in [4.69, 9.17) is 15.2 Å². The molecule has 0 unspecified atom stereocenters. The normalized spacial score (nSPS) is 14.7. The van der Waals surface area contributed by atoms with E-state index in [1.165, 1.54) is 0 Å². The number of nitrogens with one attached hydrogen (secondary N) is 1. The van der Waals surface area contributed by atoms with Gasteiger partial charge < -0.3 is 20.5 Å². The van der Waals surface area contributed by atoms with E-state index in [0.717, 1.165) is 79.3 Å². The number of fused-ring (bicyclic) bond motifs is 1. The molecule has 1 aromatic heterocycles. The van der Waals surface area contributed by atoms with E-state index in [0.29, 0.717) is 12.2 Å². The maximum Gasteiger partial charge on any atom is 0.127 e. The number of aromatic nitrogens is 1.